The van der Waals surface area contributed by atoms with Crippen LogP contribution in [0, 0.1) is 0 Å². The Kier molecular flexibility index (Phi) is 8.68. The van der Waals surface area contributed by atoms with Gasteiger partial charge in [-0.25, -0.2) is 9.97 Å². The number of fused-ring (bicyclic) bond motifs is 6. The summed E-state index contributed by atoms with van der Waals surface area (Å²) < 4.78 is 4.80. The minimum absolute atomic E-state index is 0.687. The van der Waals surface area contributed by atoms with E-state index in [2.05, 4.69) is 229 Å². The zero-order chi connectivity index (χ0) is 41.0. The molecule has 0 aliphatic carbocycles. The summed E-state index contributed by atoms with van der Waals surface area (Å²) in [6.07, 6.45) is 0. The first-order valence-corrected chi connectivity index (χ1v) is 21.8. The van der Waals surface area contributed by atoms with Crippen LogP contribution >= 0.6 is 11.3 Å². The highest BCUT2D eigenvalue weighted by molar-refractivity contribution is 7.26. The van der Waals surface area contributed by atoms with Crippen LogP contribution in [0.1, 0.15) is 0 Å². The van der Waals surface area contributed by atoms with Gasteiger partial charge >= 0.3 is 0 Å². The molecule has 0 aliphatic rings. The fourth-order valence-corrected chi connectivity index (χ4v) is 10.3. The van der Waals surface area contributed by atoms with Crippen LogP contribution in [0.3, 0.4) is 0 Å². The van der Waals surface area contributed by atoms with Gasteiger partial charge in [-0.15, -0.1) is 11.3 Å². The van der Waals surface area contributed by atoms with E-state index >= 15 is 0 Å². The molecule has 0 bridgehead atoms. The van der Waals surface area contributed by atoms with Crippen LogP contribution in [-0.2, 0) is 0 Å². The lowest BCUT2D eigenvalue weighted by molar-refractivity contribution is 1.11. The Morgan fingerprint density at radius 1 is 0.355 bits per heavy atom. The van der Waals surface area contributed by atoms with Gasteiger partial charge in [-0.3, -0.25) is 4.57 Å². The van der Waals surface area contributed by atoms with Gasteiger partial charge in [-0.2, -0.15) is 0 Å². The van der Waals surface area contributed by atoms with Crippen molar-refractivity contribution in [3.8, 4) is 72.8 Å². The topological polar surface area (TPSA) is 30.7 Å². The molecule has 0 atom stereocenters. The Balaban J connectivity index is 1.04. The second-order valence-electron chi connectivity index (χ2n) is 15.8. The van der Waals surface area contributed by atoms with Gasteiger partial charge in [0.15, 0.2) is 5.82 Å². The molecule has 0 saturated carbocycles. The van der Waals surface area contributed by atoms with Gasteiger partial charge in [0.05, 0.1) is 16.6 Å². The molecule has 3 aromatic heterocycles. The molecule has 3 nitrogen and oxygen atoms in total. The molecule has 4 heteroatoms. The van der Waals surface area contributed by atoms with E-state index in [0.29, 0.717) is 5.82 Å². The lowest BCUT2D eigenvalue weighted by Gasteiger charge is -2.13. The minimum Gasteiger partial charge on any atom is -0.294 e. The lowest BCUT2D eigenvalue weighted by atomic mass is 9.92. The van der Waals surface area contributed by atoms with Crippen LogP contribution in [0.2, 0.25) is 0 Å². The monoisotopic (exact) mass is 807 g/mol. The fraction of sp³-hybridized carbons (Fsp3) is 0. The van der Waals surface area contributed by atoms with Crippen LogP contribution in [0.5, 0.6) is 0 Å². The molecule has 0 radical (unpaired) electrons. The van der Waals surface area contributed by atoms with E-state index < -0.39 is 0 Å². The summed E-state index contributed by atoms with van der Waals surface area (Å²) in [5.74, 6) is 0.687. The Hall–Kier alpha value is -7.92. The van der Waals surface area contributed by atoms with Crippen molar-refractivity contribution in [3.63, 3.8) is 0 Å². The lowest BCUT2D eigenvalue weighted by Crippen LogP contribution is -1.99. The maximum atomic E-state index is 5.58. The van der Waals surface area contributed by atoms with E-state index in [4.69, 9.17) is 9.97 Å². The Morgan fingerprint density at radius 2 is 0.839 bits per heavy atom. The second-order valence-corrected chi connectivity index (χ2v) is 16.8. The average Bonchev–Trinajstić information content (AvgIpc) is 3.91. The average molecular weight is 808 g/mol. The van der Waals surface area contributed by atoms with Crippen LogP contribution in [0.4, 0.5) is 0 Å². The largest absolute Gasteiger partial charge is 0.294 e. The quantitative estimate of drug-likeness (QED) is 0.161. The molecule has 0 fully saturated rings. The van der Waals surface area contributed by atoms with Gasteiger partial charge in [0.1, 0.15) is 5.65 Å². The Labute approximate surface area is 363 Å². The van der Waals surface area contributed by atoms with Crippen molar-refractivity contribution >= 4 is 53.4 Å². The predicted octanol–water partition coefficient (Wildman–Crippen LogP) is 15.9. The van der Waals surface area contributed by atoms with E-state index in [9.17, 15) is 0 Å². The van der Waals surface area contributed by atoms with Gasteiger partial charge in [-0.05, 0) is 99.1 Å². The molecule has 12 rings (SSSR count). The number of hydrogen-bond acceptors (Lipinski definition) is 3. The van der Waals surface area contributed by atoms with Crippen molar-refractivity contribution in [2.24, 2.45) is 0 Å². The molecule has 0 amide bonds. The number of hydrogen-bond donors (Lipinski definition) is 0. The number of nitrogens with zero attached hydrogens (tertiary/aromatic N) is 3. The number of para-hydroxylation sites is 2. The maximum absolute atomic E-state index is 5.58. The smallest absolute Gasteiger partial charge is 0.162 e. The van der Waals surface area contributed by atoms with Crippen LogP contribution in [0.25, 0.3) is 115 Å². The summed E-state index contributed by atoms with van der Waals surface area (Å²) in [6.45, 7) is 0. The summed E-state index contributed by atoms with van der Waals surface area (Å²) >= 11 is 1.83. The Morgan fingerprint density at radius 3 is 1.53 bits per heavy atom. The van der Waals surface area contributed by atoms with Crippen molar-refractivity contribution in [1.29, 1.82) is 0 Å². The first-order valence-electron chi connectivity index (χ1n) is 21.0. The molecule has 0 saturated heterocycles. The summed E-state index contributed by atoms with van der Waals surface area (Å²) in [5.41, 5.74) is 15.4. The fourth-order valence-electron chi connectivity index (χ4n) is 9.05. The van der Waals surface area contributed by atoms with Gasteiger partial charge < -0.3 is 0 Å². The molecule has 9 aromatic carbocycles. The third kappa shape index (κ3) is 6.20. The molecule has 3 heterocycles. The van der Waals surface area contributed by atoms with Crippen molar-refractivity contribution in [3.05, 3.63) is 224 Å². The molecule has 0 unspecified atom stereocenters. The first kappa shape index (κ1) is 36.0. The summed E-state index contributed by atoms with van der Waals surface area (Å²) in [6, 6.07) is 80.3. The number of thiophene rings is 1. The van der Waals surface area contributed by atoms with Crippen molar-refractivity contribution < 1.29 is 0 Å². The highest BCUT2D eigenvalue weighted by atomic mass is 32.1. The molecule has 12 aromatic rings. The molecule has 0 spiro atoms. The van der Waals surface area contributed by atoms with Crippen molar-refractivity contribution in [2.45, 2.75) is 0 Å². The number of benzene rings is 9. The summed E-state index contributed by atoms with van der Waals surface area (Å²) in [4.78, 5) is 11.1. The Bertz CT molecular complexity index is 3570. The maximum Gasteiger partial charge on any atom is 0.162 e. The van der Waals surface area contributed by atoms with Gasteiger partial charge in [-0.1, -0.05) is 170 Å². The minimum atomic E-state index is 0.687. The van der Waals surface area contributed by atoms with Crippen LogP contribution in [0.15, 0.2) is 224 Å². The highest BCUT2D eigenvalue weighted by Crippen LogP contribution is 2.44. The molecular weight excluding hydrogens is 771 g/mol. The second kappa shape index (κ2) is 15.0. The highest BCUT2D eigenvalue weighted by Gasteiger charge is 2.23. The standard InChI is InChI=1S/C58H37N3S/c1-4-17-38(18-5-1)44-35-45(39-19-6-2-7-20-39)37-46(36-44)42-23-14-21-40(33-42)41-22-15-24-43(34-41)57-59-55(51-30-16-29-49-48-27-11-13-32-53(48)62-56(49)51)54-50-28-10-12-31-52(50)61(58(54)60-57)47-25-8-3-9-26-47/h1-37H. The normalized spacial score (nSPS) is 11.5. The summed E-state index contributed by atoms with van der Waals surface area (Å²) in [7, 11) is 0. The van der Waals surface area contributed by atoms with E-state index in [-0.39, 0.29) is 0 Å². The molecule has 62 heavy (non-hydrogen) atoms. The molecule has 0 N–H and O–H groups in total. The predicted molar refractivity (Wildman–Crippen MR) is 262 cm³/mol. The summed E-state index contributed by atoms with van der Waals surface area (Å²) in [5, 5.41) is 4.69. The third-order valence-electron chi connectivity index (χ3n) is 12.0. The first-order chi connectivity index (χ1) is 30.7. The van der Waals surface area contributed by atoms with E-state index in [1.54, 1.807) is 0 Å². The number of rotatable bonds is 7. The van der Waals surface area contributed by atoms with Crippen LogP contribution in [-0.4, -0.2) is 14.5 Å². The molecular formula is C58H37N3S. The zero-order valence-electron chi connectivity index (χ0n) is 33.6. The van der Waals surface area contributed by atoms with E-state index in [1.807, 2.05) is 11.3 Å². The van der Waals surface area contributed by atoms with E-state index in [1.165, 1.54) is 48.0 Å². The van der Waals surface area contributed by atoms with Gasteiger partial charge in [0, 0.05) is 42.4 Å². The molecule has 0 aliphatic heterocycles. The molecule has 290 valence electrons. The van der Waals surface area contributed by atoms with Crippen molar-refractivity contribution in [2.75, 3.05) is 0 Å². The zero-order valence-corrected chi connectivity index (χ0v) is 34.4. The number of aromatic nitrogens is 3. The van der Waals surface area contributed by atoms with E-state index in [0.717, 1.165) is 61.1 Å². The van der Waals surface area contributed by atoms with Crippen LogP contribution < -0.4 is 0 Å². The SMILES string of the molecule is c1ccc(-c2cc(-c3ccccc3)cc(-c3cccc(-c4cccc(-c5nc(-c6cccc7c6sc6ccccc67)c6c7ccccc7n(-c7ccccc7)c6n5)c4)c3)c2)cc1. The third-order valence-corrected chi connectivity index (χ3v) is 13.2. The van der Waals surface area contributed by atoms with Gasteiger partial charge in [0.25, 0.3) is 0 Å². The van der Waals surface area contributed by atoms with Gasteiger partial charge in [0.2, 0.25) is 0 Å². The van der Waals surface area contributed by atoms with Crippen molar-refractivity contribution in [1.82, 2.24) is 14.5 Å².